The number of carbonyl (C=O) groups is 1. The van der Waals surface area contributed by atoms with E-state index in [0.717, 1.165) is 37.3 Å². The van der Waals surface area contributed by atoms with Crippen molar-refractivity contribution in [3.8, 4) is 0 Å². The number of pyridine rings is 1. The number of piperazine rings is 1. The fraction of sp³-hybridized carbons (Fsp3) is 0.350. The number of hydrogen-bond acceptors (Lipinski definition) is 6. The first-order valence-electron chi connectivity index (χ1n) is 9.50. The molecule has 8 heteroatoms. The lowest BCUT2D eigenvalue weighted by atomic mass is 10.1. The summed E-state index contributed by atoms with van der Waals surface area (Å²) in [4.78, 5) is 21.9. The van der Waals surface area contributed by atoms with E-state index < -0.39 is 6.04 Å². The van der Waals surface area contributed by atoms with Crippen LogP contribution in [0.4, 0.5) is 0 Å². The van der Waals surface area contributed by atoms with Gasteiger partial charge in [0, 0.05) is 51.0 Å². The predicted octanol–water partition coefficient (Wildman–Crippen LogP) is 1.04. The molecule has 3 heterocycles. The summed E-state index contributed by atoms with van der Waals surface area (Å²) < 4.78 is 1.53. The number of benzene rings is 1. The second kappa shape index (κ2) is 8.71. The van der Waals surface area contributed by atoms with Crippen molar-refractivity contribution in [1.29, 1.82) is 0 Å². The summed E-state index contributed by atoms with van der Waals surface area (Å²) in [5, 5.41) is 11.4. The van der Waals surface area contributed by atoms with Crippen molar-refractivity contribution in [1.82, 2.24) is 35.0 Å². The van der Waals surface area contributed by atoms with Crippen molar-refractivity contribution in [2.75, 3.05) is 32.7 Å². The van der Waals surface area contributed by atoms with Crippen LogP contribution in [0.25, 0.3) is 0 Å². The standard InChI is InChI=1S/C20H23N7O/c28-20(19(27-16-22-23-24-27)17-6-2-1-3-7-17)26-14-12-25(13-15-26)11-9-18-8-4-5-10-21-18/h1-8,10,16,19H,9,11-15H2. The van der Waals surface area contributed by atoms with Crippen LogP contribution in [0.3, 0.4) is 0 Å². The first-order chi connectivity index (χ1) is 13.8. The van der Waals surface area contributed by atoms with E-state index in [0.29, 0.717) is 13.1 Å². The highest BCUT2D eigenvalue weighted by atomic mass is 16.2. The molecule has 0 saturated carbocycles. The summed E-state index contributed by atoms with van der Waals surface area (Å²) in [7, 11) is 0. The molecule has 1 aromatic carbocycles. The zero-order valence-corrected chi connectivity index (χ0v) is 15.6. The minimum atomic E-state index is -0.531. The van der Waals surface area contributed by atoms with E-state index in [1.54, 1.807) is 0 Å². The number of hydrogen-bond donors (Lipinski definition) is 0. The maximum atomic E-state index is 13.3. The summed E-state index contributed by atoms with van der Waals surface area (Å²) in [5.41, 5.74) is 1.99. The molecule has 3 aromatic rings. The monoisotopic (exact) mass is 377 g/mol. The molecule has 1 fully saturated rings. The summed E-state index contributed by atoms with van der Waals surface area (Å²) >= 11 is 0. The highest BCUT2D eigenvalue weighted by Gasteiger charge is 2.30. The molecular formula is C20H23N7O. The zero-order valence-electron chi connectivity index (χ0n) is 15.6. The lowest BCUT2D eigenvalue weighted by molar-refractivity contribution is -0.135. The number of amides is 1. The van der Waals surface area contributed by atoms with Crippen LogP contribution in [-0.4, -0.2) is 73.6 Å². The number of tetrazole rings is 1. The van der Waals surface area contributed by atoms with Gasteiger partial charge in [0.05, 0.1) is 0 Å². The third-order valence-electron chi connectivity index (χ3n) is 5.07. The molecule has 1 saturated heterocycles. The largest absolute Gasteiger partial charge is 0.338 e. The van der Waals surface area contributed by atoms with Crippen molar-refractivity contribution in [3.05, 3.63) is 72.3 Å². The van der Waals surface area contributed by atoms with Crippen molar-refractivity contribution >= 4 is 5.91 Å². The normalized spacial score (nSPS) is 16.1. The molecule has 1 amide bonds. The molecule has 1 aliphatic rings. The first-order valence-corrected chi connectivity index (χ1v) is 9.50. The topological polar surface area (TPSA) is 80.0 Å². The molecule has 1 atom stereocenters. The molecule has 8 nitrogen and oxygen atoms in total. The summed E-state index contributed by atoms with van der Waals surface area (Å²) in [6, 6.07) is 15.1. The molecule has 0 radical (unpaired) electrons. The van der Waals surface area contributed by atoms with Gasteiger partial charge in [0.2, 0.25) is 0 Å². The predicted molar refractivity (Wildman–Crippen MR) is 103 cm³/mol. The SMILES string of the molecule is O=C(C(c1ccccc1)n1cnnn1)N1CCN(CCc2ccccn2)CC1. The first kappa shape index (κ1) is 18.2. The van der Waals surface area contributed by atoms with Gasteiger partial charge in [-0.15, -0.1) is 5.10 Å². The summed E-state index contributed by atoms with van der Waals surface area (Å²) in [6.07, 6.45) is 4.25. The van der Waals surface area contributed by atoms with Gasteiger partial charge in [0.25, 0.3) is 5.91 Å². The minimum Gasteiger partial charge on any atom is -0.338 e. The number of aromatic nitrogens is 5. The van der Waals surface area contributed by atoms with E-state index in [9.17, 15) is 4.79 Å². The number of rotatable bonds is 6. The van der Waals surface area contributed by atoms with Crippen LogP contribution in [0.2, 0.25) is 0 Å². The Morgan fingerprint density at radius 1 is 1.00 bits per heavy atom. The number of carbonyl (C=O) groups excluding carboxylic acids is 1. The van der Waals surface area contributed by atoms with Crippen molar-refractivity contribution in [2.24, 2.45) is 0 Å². The maximum Gasteiger partial charge on any atom is 0.252 e. The lowest BCUT2D eigenvalue weighted by Crippen LogP contribution is -2.51. The van der Waals surface area contributed by atoms with Gasteiger partial charge >= 0.3 is 0 Å². The third-order valence-corrected chi connectivity index (χ3v) is 5.07. The quantitative estimate of drug-likeness (QED) is 0.639. The molecule has 144 valence electrons. The van der Waals surface area contributed by atoms with Crippen molar-refractivity contribution < 1.29 is 4.79 Å². The fourth-order valence-corrected chi connectivity index (χ4v) is 3.51. The van der Waals surface area contributed by atoms with Crippen molar-refractivity contribution in [3.63, 3.8) is 0 Å². The Labute approximate surface area is 163 Å². The van der Waals surface area contributed by atoms with Gasteiger partial charge in [-0.1, -0.05) is 36.4 Å². The Morgan fingerprint density at radius 2 is 1.79 bits per heavy atom. The molecule has 0 spiro atoms. The van der Waals surface area contributed by atoms with Crippen LogP contribution < -0.4 is 0 Å². The Bertz CT molecular complexity index is 862. The van der Waals surface area contributed by atoms with Gasteiger partial charge in [-0.05, 0) is 28.1 Å². The highest BCUT2D eigenvalue weighted by molar-refractivity contribution is 5.83. The zero-order chi connectivity index (χ0) is 19.2. The van der Waals surface area contributed by atoms with Gasteiger partial charge in [-0.3, -0.25) is 14.7 Å². The summed E-state index contributed by atoms with van der Waals surface area (Å²) in [5.74, 6) is 0.0304. The molecule has 4 rings (SSSR count). The van der Waals surface area contributed by atoms with Gasteiger partial charge in [0.1, 0.15) is 6.33 Å². The van der Waals surface area contributed by atoms with Crippen LogP contribution in [0.1, 0.15) is 17.3 Å². The molecule has 2 aromatic heterocycles. The van der Waals surface area contributed by atoms with Gasteiger partial charge < -0.3 is 4.90 Å². The van der Waals surface area contributed by atoms with Crippen LogP contribution >= 0.6 is 0 Å². The molecule has 1 aliphatic heterocycles. The van der Waals surface area contributed by atoms with Gasteiger partial charge in [-0.25, -0.2) is 4.68 Å². The Kier molecular flexibility index (Phi) is 5.67. The second-order valence-corrected chi connectivity index (χ2v) is 6.84. The molecule has 0 N–H and O–H groups in total. The van der Waals surface area contributed by atoms with Gasteiger partial charge in [0.15, 0.2) is 6.04 Å². The Balaban J connectivity index is 1.38. The molecule has 28 heavy (non-hydrogen) atoms. The number of nitrogens with zero attached hydrogens (tertiary/aromatic N) is 7. The average Bonchev–Trinajstić information content (AvgIpc) is 3.28. The van der Waals surface area contributed by atoms with E-state index in [-0.39, 0.29) is 5.91 Å². The van der Waals surface area contributed by atoms with Crippen LogP contribution in [0.15, 0.2) is 61.1 Å². The lowest BCUT2D eigenvalue weighted by Gasteiger charge is -2.36. The van der Waals surface area contributed by atoms with E-state index in [1.807, 2.05) is 53.6 Å². The second-order valence-electron chi connectivity index (χ2n) is 6.84. The van der Waals surface area contributed by atoms with Crippen LogP contribution in [0, 0.1) is 0 Å². The van der Waals surface area contributed by atoms with Crippen LogP contribution in [-0.2, 0) is 11.2 Å². The van der Waals surface area contributed by atoms with E-state index in [4.69, 9.17) is 0 Å². The van der Waals surface area contributed by atoms with Gasteiger partial charge in [-0.2, -0.15) is 0 Å². The van der Waals surface area contributed by atoms with E-state index >= 15 is 0 Å². The average molecular weight is 377 g/mol. The Hall–Kier alpha value is -3.13. The third kappa shape index (κ3) is 4.23. The maximum absolute atomic E-state index is 13.3. The molecule has 0 aliphatic carbocycles. The smallest absolute Gasteiger partial charge is 0.252 e. The summed E-state index contributed by atoms with van der Waals surface area (Å²) in [6.45, 7) is 4.07. The Morgan fingerprint density at radius 3 is 2.46 bits per heavy atom. The fourth-order valence-electron chi connectivity index (χ4n) is 3.51. The molecule has 0 bridgehead atoms. The highest BCUT2D eigenvalue weighted by Crippen LogP contribution is 2.20. The minimum absolute atomic E-state index is 0.0304. The van der Waals surface area contributed by atoms with Crippen molar-refractivity contribution in [2.45, 2.75) is 12.5 Å². The van der Waals surface area contributed by atoms with E-state index in [2.05, 4.69) is 31.5 Å². The van der Waals surface area contributed by atoms with Crippen LogP contribution in [0.5, 0.6) is 0 Å². The molecular weight excluding hydrogens is 354 g/mol. The van der Waals surface area contributed by atoms with E-state index in [1.165, 1.54) is 11.0 Å². The molecule has 1 unspecified atom stereocenters.